The van der Waals surface area contributed by atoms with E-state index in [1.807, 2.05) is 26.0 Å². The van der Waals surface area contributed by atoms with E-state index in [9.17, 15) is 9.59 Å². The Morgan fingerprint density at radius 2 is 1.85 bits per heavy atom. The minimum atomic E-state index is -0.503. The predicted molar refractivity (Wildman–Crippen MR) is 132 cm³/mol. The van der Waals surface area contributed by atoms with Crippen molar-refractivity contribution in [2.24, 2.45) is 0 Å². The molecule has 0 spiro atoms. The van der Waals surface area contributed by atoms with Crippen LogP contribution in [0.5, 0.6) is 5.75 Å². The highest BCUT2D eigenvalue weighted by molar-refractivity contribution is 6.32. The summed E-state index contributed by atoms with van der Waals surface area (Å²) in [4.78, 5) is 33.2. The van der Waals surface area contributed by atoms with Gasteiger partial charge < -0.3 is 14.8 Å². The molecule has 0 aliphatic carbocycles. The van der Waals surface area contributed by atoms with Gasteiger partial charge in [0.25, 0.3) is 0 Å². The first-order chi connectivity index (χ1) is 16.2. The third-order valence-corrected chi connectivity index (χ3v) is 5.16. The summed E-state index contributed by atoms with van der Waals surface area (Å²) in [6.07, 6.45) is 0.220. The number of ether oxygens (including phenoxy) is 2. The Labute approximate surface area is 207 Å². The van der Waals surface area contributed by atoms with Gasteiger partial charge in [-0.3, -0.25) is 9.36 Å². The van der Waals surface area contributed by atoms with Gasteiger partial charge in [-0.15, -0.1) is 0 Å². The number of nitrogens with zero attached hydrogens (tertiary/aromatic N) is 3. The molecule has 10 heteroatoms. The fourth-order valence-electron chi connectivity index (χ4n) is 3.10. The van der Waals surface area contributed by atoms with Crippen LogP contribution in [0.25, 0.3) is 0 Å². The summed E-state index contributed by atoms with van der Waals surface area (Å²) in [6, 6.07) is 12.4. The number of benzene rings is 2. The zero-order valence-corrected chi connectivity index (χ0v) is 20.7. The lowest BCUT2D eigenvalue weighted by Crippen LogP contribution is -2.29. The van der Waals surface area contributed by atoms with Crippen LogP contribution in [0, 0.1) is 0 Å². The van der Waals surface area contributed by atoms with Gasteiger partial charge in [-0.25, -0.2) is 4.79 Å². The van der Waals surface area contributed by atoms with Crippen molar-refractivity contribution >= 4 is 40.8 Å². The number of aryl methyl sites for hydroxylation is 1. The number of rotatable bonds is 10. The number of aromatic nitrogens is 3. The normalized spacial score (nSPS) is 10.9. The number of carbonyl (C=O) groups excluding carboxylic acids is 1. The summed E-state index contributed by atoms with van der Waals surface area (Å²) in [6.45, 7) is 6.07. The largest absolute Gasteiger partial charge is 0.489 e. The average molecular weight is 505 g/mol. The Bertz CT molecular complexity index is 1200. The van der Waals surface area contributed by atoms with E-state index >= 15 is 0 Å². The molecule has 34 heavy (non-hydrogen) atoms. The Hall–Kier alpha value is -3.10. The summed E-state index contributed by atoms with van der Waals surface area (Å²) in [5.41, 5.74) is 0.953. The molecule has 0 bridgehead atoms. The lowest BCUT2D eigenvalue weighted by atomic mass is 10.2. The summed E-state index contributed by atoms with van der Waals surface area (Å²) in [5.74, 6) is 0.679. The van der Waals surface area contributed by atoms with Crippen LogP contribution < -0.4 is 15.7 Å². The topological polar surface area (TPSA) is 95.3 Å². The summed E-state index contributed by atoms with van der Waals surface area (Å²) in [7, 11) is 0. The Morgan fingerprint density at radius 3 is 2.50 bits per heavy atom. The number of hydrogen-bond acceptors (Lipinski definition) is 7. The van der Waals surface area contributed by atoms with E-state index in [2.05, 4.69) is 15.3 Å². The van der Waals surface area contributed by atoms with Crippen LogP contribution >= 0.6 is 23.2 Å². The molecule has 0 aliphatic heterocycles. The quantitative estimate of drug-likeness (QED) is 0.387. The van der Waals surface area contributed by atoms with Crippen LogP contribution in [0.3, 0.4) is 0 Å². The van der Waals surface area contributed by atoms with Crippen molar-refractivity contribution in [3.05, 3.63) is 74.4 Å². The standard InChI is InChI=1S/C24H26Cl2N4O4/c1-4-33-22(31)12-11-21-28-23(27-18-9-10-20(19(26)13-18)34-15(2)3)30(24(32)29-21)14-16-5-7-17(25)8-6-16/h5-10,13,15H,4,11-12,14H2,1-3H3,(H,27,28,29,32). The minimum Gasteiger partial charge on any atom is -0.489 e. The maximum Gasteiger partial charge on any atom is 0.352 e. The molecule has 0 atom stereocenters. The van der Waals surface area contributed by atoms with Crippen molar-refractivity contribution in [2.45, 2.75) is 46.3 Å². The van der Waals surface area contributed by atoms with Crippen molar-refractivity contribution in [3.63, 3.8) is 0 Å². The van der Waals surface area contributed by atoms with Gasteiger partial charge in [0, 0.05) is 17.1 Å². The number of hydrogen-bond donors (Lipinski definition) is 1. The monoisotopic (exact) mass is 504 g/mol. The van der Waals surface area contributed by atoms with Gasteiger partial charge in [-0.05, 0) is 56.7 Å². The van der Waals surface area contributed by atoms with E-state index < -0.39 is 5.69 Å². The molecule has 0 unspecified atom stereocenters. The summed E-state index contributed by atoms with van der Waals surface area (Å²) >= 11 is 12.4. The van der Waals surface area contributed by atoms with Crippen LogP contribution in [0.4, 0.5) is 11.6 Å². The van der Waals surface area contributed by atoms with E-state index in [0.29, 0.717) is 21.5 Å². The Kier molecular flexibility index (Phi) is 8.90. The van der Waals surface area contributed by atoms with Gasteiger partial charge in [-0.1, -0.05) is 35.3 Å². The SMILES string of the molecule is CCOC(=O)CCc1nc(Nc2ccc(OC(C)C)c(Cl)c2)n(Cc2ccc(Cl)cc2)c(=O)n1. The molecule has 0 saturated heterocycles. The molecule has 2 aromatic carbocycles. The Balaban J connectivity index is 1.93. The number of anilines is 2. The highest BCUT2D eigenvalue weighted by Crippen LogP contribution is 2.29. The van der Waals surface area contributed by atoms with E-state index in [1.54, 1.807) is 37.3 Å². The second-order valence-electron chi connectivity index (χ2n) is 7.70. The summed E-state index contributed by atoms with van der Waals surface area (Å²) < 4.78 is 12.0. The van der Waals surface area contributed by atoms with Gasteiger partial charge in [0.05, 0.1) is 30.7 Å². The first-order valence-electron chi connectivity index (χ1n) is 10.9. The molecule has 0 amide bonds. The molecule has 3 rings (SSSR count). The van der Waals surface area contributed by atoms with E-state index in [4.69, 9.17) is 32.7 Å². The first kappa shape index (κ1) is 25.5. The molecule has 3 aromatic rings. The third-order valence-electron chi connectivity index (χ3n) is 4.61. The fourth-order valence-corrected chi connectivity index (χ4v) is 3.45. The number of nitrogens with one attached hydrogen (secondary N) is 1. The molecule has 0 aliphatic rings. The maximum absolute atomic E-state index is 12.9. The number of halogens is 2. The maximum atomic E-state index is 12.9. The number of carbonyl (C=O) groups is 1. The minimum absolute atomic E-state index is 0.0234. The number of esters is 1. The van der Waals surface area contributed by atoms with Gasteiger partial charge >= 0.3 is 11.7 Å². The van der Waals surface area contributed by atoms with Gasteiger partial charge in [-0.2, -0.15) is 9.97 Å². The van der Waals surface area contributed by atoms with Crippen LogP contribution in [0.15, 0.2) is 47.3 Å². The lowest BCUT2D eigenvalue weighted by molar-refractivity contribution is -0.143. The van der Waals surface area contributed by atoms with Crippen LogP contribution in [0.1, 0.15) is 38.6 Å². The van der Waals surface area contributed by atoms with E-state index in [-0.39, 0.29) is 49.8 Å². The van der Waals surface area contributed by atoms with Crippen molar-refractivity contribution in [1.29, 1.82) is 0 Å². The second kappa shape index (κ2) is 11.9. The van der Waals surface area contributed by atoms with Crippen LogP contribution in [-0.2, 0) is 22.5 Å². The molecule has 180 valence electrons. The fraction of sp³-hybridized carbons (Fsp3) is 0.333. The molecule has 0 saturated carbocycles. The summed E-state index contributed by atoms with van der Waals surface area (Å²) in [5, 5.41) is 4.16. The molecule has 1 N–H and O–H groups in total. The zero-order chi connectivity index (χ0) is 24.7. The lowest BCUT2D eigenvalue weighted by Gasteiger charge is -2.16. The molecule has 1 aromatic heterocycles. The van der Waals surface area contributed by atoms with Crippen molar-refractivity contribution in [3.8, 4) is 5.75 Å². The zero-order valence-electron chi connectivity index (χ0n) is 19.2. The van der Waals surface area contributed by atoms with E-state index in [0.717, 1.165) is 5.56 Å². The third kappa shape index (κ3) is 7.20. The molecule has 0 fully saturated rings. The van der Waals surface area contributed by atoms with Gasteiger partial charge in [0.1, 0.15) is 11.6 Å². The van der Waals surface area contributed by atoms with E-state index in [1.165, 1.54) is 4.57 Å². The predicted octanol–water partition coefficient (Wildman–Crippen LogP) is 5.02. The Morgan fingerprint density at radius 1 is 1.12 bits per heavy atom. The molecule has 8 nitrogen and oxygen atoms in total. The van der Waals surface area contributed by atoms with Crippen molar-refractivity contribution in [1.82, 2.24) is 14.5 Å². The second-order valence-corrected chi connectivity index (χ2v) is 8.54. The highest BCUT2D eigenvalue weighted by Gasteiger charge is 2.14. The molecular weight excluding hydrogens is 479 g/mol. The van der Waals surface area contributed by atoms with Crippen LogP contribution in [0.2, 0.25) is 10.0 Å². The van der Waals surface area contributed by atoms with Crippen LogP contribution in [-0.4, -0.2) is 33.2 Å². The van der Waals surface area contributed by atoms with Crippen molar-refractivity contribution < 1.29 is 14.3 Å². The average Bonchev–Trinajstić information content (AvgIpc) is 2.78. The molecule has 0 radical (unpaired) electrons. The molecule has 1 heterocycles. The highest BCUT2D eigenvalue weighted by atomic mass is 35.5. The molecular formula is C24H26Cl2N4O4. The van der Waals surface area contributed by atoms with Gasteiger partial charge in [0.2, 0.25) is 5.95 Å². The van der Waals surface area contributed by atoms with Gasteiger partial charge in [0.15, 0.2) is 0 Å². The first-order valence-corrected chi connectivity index (χ1v) is 11.6. The van der Waals surface area contributed by atoms with Crippen molar-refractivity contribution in [2.75, 3.05) is 11.9 Å². The smallest absolute Gasteiger partial charge is 0.352 e.